The number of hydrogen-bond donors (Lipinski definition) is 1. The van der Waals surface area contributed by atoms with Crippen LogP contribution < -0.4 is 0 Å². The minimum atomic E-state index is -0.118. The predicted octanol–water partition coefficient (Wildman–Crippen LogP) is 4.63. The number of allylic oxidation sites excluding steroid dienone is 1. The molecule has 5 aliphatic rings. The minimum absolute atomic E-state index is 0.0225. The Kier molecular flexibility index (Phi) is 3.88. The summed E-state index contributed by atoms with van der Waals surface area (Å²) in [5.74, 6) is 2.96. The molecule has 0 aromatic carbocycles. The van der Waals surface area contributed by atoms with Crippen LogP contribution in [0.1, 0.15) is 78.1 Å². The van der Waals surface area contributed by atoms with Crippen molar-refractivity contribution in [2.24, 2.45) is 34.5 Å². The number of aliphatic hydroxyl groups is 1. The van der Waals surface area contributed by atoms with Crippen LogP contribution in [0, 0.1) is 34.5 Å². The lowest BCUT2D eigenvalue weighted by atomic mass is 9.47. The summed E-state index contributed by atoms with van der Waals surface area (Å²) < 4.78 is 5.73. The first-order valence-corrected chi connectivity index (χ1v) is 11.0. The Labute approximate surface area is 157 Å². The average Bonchev–Trinajstić information content (AvgIpc) is 3.18. The minimum Gasteiger partial charge on any atom is -0.462 e. The highest BCUT2D eigenvalue weighted by Crippen LogP contribution is 2.67. The third-order valence-electron chi connectivity index (χ3n) is 9.52. The molecule has 3 unspecified atom stereocenters. The molecule has 0 amide bonds. The van der Waals surface area contributed by atoms with Crippen LogP contribution in [0.4, 0.5) is 0 Å². The van der Waals surface area contributed by atoms with E-state index in [2.05, 4.69) is 19.9 Å². The standard InChI is InChI=1S/C23H34O3/c1-22-11-9-15(24)13-14(22)3-4-16-17-5-6-19(20-7-8-21(25)26-20)23(17,2)12-10-18(16)22/h3,15-20,24H,4-13H2,1-2H3/t15?,16-,17-,18-,19?,20?,22-,23-/m0/s1. The molecule has 0 bridgehead atoms. The quantitative estimate of drug-likeness (QED) is 0.549. The molecule has 0 radical (unpaired) electrons. The van der Waals surface area contributed by atoms with E-state index in [0.717, 1.165) is 43.4 Å². The van der Waals surface area contributed by atoms with E-state index in [1.165, 1.54) is 32.1 Å². The lowest BCUT2D eigenvalue weighted by Crippen LogP contribution is -2.51. The average molecular weight is 359 g/mol. The summed E-state index contributed by atoms with van der Waals surface area (Å²) in [5, 5.41) is 10.1. The van der Waals surface area contributed by atoms with Crippen molar-refractivity contribution in [1.29, 1.82) is 0 Å². The summed E-state index contributed by atoms with van der Waals surface area (Å²) in [6, 6.07) is 0. The fourth-order valence-electron chi connectivity index (χ4n) is 8.12. The lowest BCUT2D eigenvalue weighted by molar-refractivity contribution is -0.146. The molecule has 3 saturated carbocycles. The normalized spacial score (nSPS) is 53.3. The highest BCUT2D eigenvalue weighted by atomic mass is 16.5. The van der Waals surface area contributed by atoms with Crippen LogP contribution in [0.3, 0.4) is 0 Å². The van der Waals surface area contributed by atoms with Crippen molar-refractivity contribution in [2.75, 3.05) is 0 Å². The van der Waals surface area contributed by atoms with Crippen LogP contribution in [-0.2, 0) is 9.53 Å². The zero-order chi connectivity index (χ0) is 18.1. The molecule has 144 valence electrons. The zero-order valence-electron chi connectivity index (χ0n) is 16.4. The summed E-state index contributed by atoms with van der Waals surface area (Å²) >= 11 is 0. The number of carbonyl (C=O) groups is 1. The van der Waals surface area contributed by atoms with E-state index in [1.807, 2.05) is 0 Å². The molecule has 4 fully saturated rings. The maximum absolute atomic E-state index is 11.7. The fraction of sp³-hybridized carbons (Fsp3) is 0.870. The lowest BCUT2D eigenvalue weighted by Gasteiger charge is -2.58. The van der Waals surface area contributed by atoms with Gasteiger partial charge in [-0.2, -0.15) is 0 Å². The summed E-state index contributed by atoms with van der Waals surface area (Å²) in [6.07, 6.45) is 13.6. The van der Waals surface area contributed by atoms with E-state index in [0.29, 0.717) is 23.2 Å². The molecule has 0 aromatic heterocycles. The van der Waals surface area contributed by atoms with Crippen molar-refractivity contribution >= 4 is 5.97 Å². The van der Waals surface area contributed by atoms with E-state index in [4.69, 9.17) is 4.74 Å². The Hall–Kier alpha value is -0.830. The van der Waals surface area contributed by atoms with E-state index in [1.54, 1.807) is 5.57 Å². The van der Waals surface area contributed by atoms with E-state index < -0.39 is 0 Å². The SMILES string of the molecule is C[C@]12CCC(O)CC1=CC[C@@H]1[C@@H]2CC[C@]2(C)C(C3CCC(=O)O3)CC[C@@H]12. The summed E-state index contributed by atoms with van der Waals surface area (Å²) in [7, 11) is 0. The molecule has 3 heteroatoms. The van der Waals surface area contributed by atoms with Gasteiger partial charge in [0, 0.05) is 12.3 Å². The van der Waals surface area contributed by atoms with Gasteiger partial charge in [-0.25, -0.2) is 0 Å². The third kappa shape index (κ3) is 2.31. The van der Waals surface area contributed by atoms with Crippen LogP contribution in [0.15, 0.2) is 11.6 Å². The van der Waals surface area contributed by atoms with Crippen LogP contribution in [0.5, 0.6) is 0 Å². The molecule has 1 heterocycles. The molecule has 0 aromatic rings. The molecule has 0 spiro atoms. The molecule has 1 N–H and O–H groups in total. The molecule has 26 heavy (non-hydrogen) atoms. The van der Waals surface area contributed by atoms with Crippen LogP contribution in [0.25, 0.3) is 0 Å². The Morgan fingerprint density at radius 3 is 2.62 bits per heavy atom. The van der Waals surface area contributed by atoms with Gasteiger partial charge in [0.1, 0.15) is 6.10 Å². The van der Waals surface area contributed by atoms with E-state index in [-0.39, 0.29) is 18.2 Å². The van der Waals surface area contributed by atoms with Crippen molar-refractivity contribution in [3.63, 3.8) is 0 Å². The fourth-order valence-corrected chi connectivity index (χ4v) is 8.12. The summed E-state index contributed by atoms with van der Waals surface area (Å²) in [6.45, 7) is 5.01. The molecule has 3 nitrogen and oxygen atoms in total. The Bertz CT molecular complexity index is 639. The number of esters is 1. The Morgan fingerprint density at radius 1 is 1.04 bits per heavy atom. The van der Waals surface area contributed by atoms with Gasteiger partial charge in [-0.1, -0.05) is 25.5 Å². The number of fused-ring (bicyclic) bond motifs is 5. The maximum atomic E-state index is 11.7. The van der Waals surface area contributed by atoms with E-state index >= 15 is 0 Å². The number of ether oxygens (including phenoxy) is 1. The number of aliphatic hydroxyl groups excluding tert-OH is 1. The molecule has 1 saturated heterocycles. The number of hydrogen-bond acceptors (Lipinski definition) is 3. The van der Waals surface area contributed by atoms with Gasteiger partial charge in [-0.15, -0.1) is 0 Å². The van der Waals surface area contributed by atoms with Gasteiger partial charge >= 0.3 is 5.97 Å². The van der Waals surface area contributed by atoms with Crippen molar-refractivity contribution < 1.29 is 14.6 Å². The predicted molar refractivity (Wildman–Crippen MR) is 100 cm³/mol. The van der Waals surface area contributed by atoms with Crippen LogP contribution >= 0.6 is 0 Å². The molecule has 1 aliphatic heterocycles. The number of rotatable bonds is 1. The van der Waals surface area contributed by atoms with Crippen LogP contribution in [-0.4, -0.2) is 23.3 Å². The van der Waals surface area contributed by atoms with Gasteiger partial charge in [-0.05, 0) is 86.4 Å². The molecule has 8 atom stereocenters. The highest BCUT2D eigenvalue weighted by Gasteiger charge is 2.60. The Morgan fingerprint density at radius 2 is 1.85 bits per heavy atom. The molecular weight excluding hydrogens is 324 g/mol. The first-order valence-electron chi connectivity index (χ1n) is 11.0. The maximum Gasteiger partial charge on any atom is 0.306 e. The van der Waals surface area contributed by atoms with Crippen molar-refractivity contribution in [1.82, 2.24) is 0 Å². The van der Waals surface area contributed by atoms with E-state index in [9.17, 15) is 9.90 Å². The van der Waals surface area contributed by atoms with Gasteiger partial charge in [0.25, 0.3) is 0 Å². The van der Waals surface area contributed by atoms with Crippen LogP contribution in [0.2, 0.25) is 0 Å². The molecule has 4 aliphatic carbocycles. The molecular formula is C23H34O3. The third-order valence-corrected chi connectivity index (χ3v) is 9.52. The largest absolute Gasteiger partial charge is 0.462 e. The second-order valence-corrected chi connectivity index (χ2v) is 10.5. The monoisotopic (exact) mass is 358 g/mol. The highest BCUT2D eigenvalue weighted by molar-refractivity contribution is 5.71. The zero-order valence-corrected chi connectivity index (χ0v) is 16.4. The van der Waals surface area contributed by atoms with Gasteiger partial charge < -0.3 is 9.84 Å². The van der Waals surface area contributed by atoms with Crippen molar-refractivity contribution in [2.45, 2.75) is 90.3 Å². The molecule has 5 rings (SSSR count). The second-order valence-electron chi connectivity index (χ2n) is 10.5. The van der Waals surface area contributed by atoms with Gasteiger partial charge in [0.05, 0.1) is 6.10 Å². The summed E-state index contributed by atoms with van der Waals surface area (Å²) in [4.78, 5) is 11.7. The van der Waals surface area contributed by atoms with Crippen molar-refractivity contribution in [3.05, 3.63) is 11.6 Å². The first kappa shape index (κ1) is 17.3. The van der Waals surface area contributed by atoms with Gasteiger partial charge in [-0.3, -0.25) is 4.79 Å². The summed E-state index contributed by atoms with van der Waals surface area (Å²) in [5.41, 5.74) is 2.23. The van der Waals surface area contributed by atoms with Gasteiger partial charge in [0.2, 0.25) is 0 Å². The smallest absolute Gasteiger partial charge is 0.306 e. The topological polar surface area (TPSA) is 46.5 Å². The second kappa shape index (κ2) is 5.83. The number of carbonyl (C=O) groups excluding carboxylic acids is 1. The number of cyclic esters (lactones) is 1. The first-order chi connectivity index (χ1) is 12.4. The van der Waals surface area contributed by atoms with Gasteiger partial charge in [0.15, 0.2) is 0 Å². The van der Waals surface area contributed by atoms with Crippen molar-refractivity contribution in [3.8, 4) is 0 Å². The Balaban J connectivity index is 1.42.